The summed E-state index contributed by atoms with van der Waals surface area (Å²) in [7, 11) is 3.16. The van der Waals surface area contributed by atoms with Crippen LogP contribution >= 0.6 is 11.6 Å². The van der Waals surface area contributed by atoms with E-state index in [1.807, 2.05) is 12.1 Å². The number of ether oxygens (including phenoxy) is 2. The number of aryl methyl sites for hydroxylation is 1. The largest absolute Gasteiger partial charge is 0.495 e. The Bertz CT molecular complexity index is 965. The molecule has 146 valence electrons. The number of methoxy groups -OCH3 is 2. The van der Waals surface area contributed by atoms with Gasteiger partial charge in [0, 0.05) is 30.6 Å². The first-order valence-electron chi connectivity index (χ1n) is 8.91. The Hall–Kier alpha value is -2.99. The van der Waals surface area contributed by atoms with Crippen molar-refractivity contribution in [3.8, 4) is 11.5 Å². The summed E-state index contributed by atoms with van der Waals surface area (Å²) >= 11 is 6.18. The van der Waals surface area contributed by atoms with Gasteiger partial charge < -0.3 is 19.7 Å². The van der Waals surface area contributed by atoms with Gasteiger partial charge in [0.05, 0.1) is 24.9 Å². The van der Waals surface area contributed by atoms with E-state index in [-0.39, 0.29) is 0 Å². The molecule has 0 aliphatic carbocycles. The van der Waals surface area contributed by atoms with E-state index in [1.54, 1.807) is 38.6 Å². The molecule has 1 N–H and O–H groups in total. The van der Waals surface area contributed by atoms with Crippen LogP contribution in [0.3, 0.4) is 0 Å². The maximum Gasteiger partial charge on any atom is 0.231 e. The Labute approximate surface area is 170 Å². The summed E-state index contributed by atoms with van der Waals surface area (Å²) in [4.78, 5) is 11.2. The predicted octanol–water partition coefficient (Wildman–Crippen LogP) is 5.36. The van der Waals surface area contributed by atoms with Gasteiger partial charge in [-0.3, -0.25) is 0 Å². The Morgan fingerprint density at radius 3 is 2.54 bits per heavy atom. The number of nitrogens with one attached hydrogen (secondary N) is 1. The molecule has 28 heavy (non-hydrogen) atoms. The molecule has 0 fully saturated rings. The zero-order valence-electron chi connectivity index (χ0n) is 16.4. The molecule has 1 aromatic heterocycles. The minimum atomic E-state index is 0.477. The number of benzene rings is 2. The first-order chi connectivity index (χ1) is 13.5. The lowest BCUT2D eigenvalue weighted by Crippen LogP contribution is -2.19. The highest BCUT2D eigenvalue weighted by atomic mass is 35.5. The van der Waals surface area contributed by atoms with Crippen LogP contribution < -0.4 is 19.7 Å². The summed E-state index contributed by atoms with van der Waals surface area (Å²) in [6.07, 6.45) is 1.72. The molecular formula is C21H23ClN4O2. The van der Waals surface area contributed by atoms with Crippen molar-refractivity contribution in [1.29, 1.82) is 0 Å². The monoisotopic (exact) mass is 398 g/mol. The Morgan fingerprint density at radius 2 is 1.86 bits per heavy atom. The average Bonchev–Trinajstić information content (AvgIpc) is 2.70. The van der Waals surface area contributed by atoms with Crippen molar-refractivity contribution in [1.82, 2.24) is 9.97 Å². The average molecular weight is 399 g/mol. The van der Waals surface area contributed by atoms with Crippen LogP contribution in [0.1, 0.15) is 12.5 Å². The second kappa shape index (κ2) is 8.80. The van der Waals surface area contributed by atoms with Gasteiger partial charge in [-0.2, -0.15) is 4.98 Å². The summed E-state index contributed by atoms with van der Waals surface area (Å²) in [6, 6.07) is 13.5. The lowest BCUT2D eigenvalue weighted by Gasteiger charge is -2.22. The van der Waals surface area contributed by atoms with E-state index in [2.05, 4.69) is 46.2 Å². The summed E-state index contributed by atoms with van der Waals surface area (Å²) in [6.45, 7) is 4.88. The molecule has 2 aromatic carbocycles. The zero-order chi connectivity index (χ0) is 20.1. The second-order valence-electron chi connectivity index (χ2n) is 6.14. The molecule has 3 rings (SSSR count). The number of rotatable bonds is 7. The van der Waals surface area contributed by atoms with Crippen LogP contribution in [0.5, 0.6) is 11.5 Å². The Morgan fingerprint density at radius 1 is 1.07 bits per heavy atom. The van der Waals surface area contributed by atoms with Gasteiger partial charge in [-0.1, -0.05) is 23.7 Å². The fourth-order valence-corrected chi connectivity index (χ4v) is 3.11. The highest BCUT2D eigenvalue weighted by molar-refractivity contribution is 6.32. The van der Waals surface area contributed by atoms with Gasteiger partial charge in [0.2, 0.25) is 5.95 Å². The summed E-state index contributed by atoms with van der Waals surface area (Å²) < 4.78 is 10.7. The topological polar surface area (TPSA) is 59.5 Å². The standard InChI is InChI=1S/C21H23ClN4O2/c1-5-26(15-8-6-7-14(2)11-15)21-23-10-9-20(25-21)24-17-13-18(27-3)16(22)12-19(17)28-4/h6-13H,5H2,1-4H3,(H,23,24,25). The number of anilines is 4. The molecule has 1 heterocycles. The second-order valence-corrected chi connectivity index (χ2v) is 6.54. The van der Waals surface area contributed by atoms with Crippen LogP contribution in [0.2, 0.25) is 5.02 Å². The number of aromatic nitrogens is 2. The normalized spacial score (nSPS) is 10.5. The fraction of sp³-hybridized carbons (Fsp3) is 0.238. The van der Waals surface area contributed by atoms with Crippen molar-refractivity contribution in [3.63, 3.8) is 0 Å². The fourth-order valence-electron chi connectivity index (χ4n) is 2.88. The molecule has 0 saturated carbocycles. The molecule has 0 aliphatic rings. The number of halogens is 1. The summed E-state index contributed by atoms with van der Waals surface area (Å²) in [5.41, 5.74) is 2.93. The quantitative estimate of drug-likeness (QED) is 0.578. The Kier molecular flexibility index (Phi) is 6.21. The van der Waals surface area contributed by atoms with Crippen LogP contribution in [-0.4, -0.2) is 30.7 Å². The molecule has 0 atom stereocenters. The van der Waals surface area contributed by atoms with Crippen molar-refractivity contribution < 1.29 is 9.47 Å². The van der Waals surface area contributed by atoms with Crippen molar-refractivity contribution >= 4 is 34.7 Å². The van der Waals surface area contributed by atoms with Crippen LogP contribution in [-0.2, 0) is 0 Å². The molecule has 0 aliphatic heterocycles. The predicted molar refractivity (Wildman–Crippen MR) is 114 cm³/mol. The van der Waals surface area contributed by atoms with E-state index < -0.39 is 0 Å². The van der Waals surface area contributed by atoms with E-state index in [4.69, 9.17) is 21.1 Å². The minimum Gasteiger partial charge on any atom is -0.495 e. The van der Waals surface area contributed by atoms with Gasteiger partial charge in [0.25, 0.3) is 0 Å². The van der Waals surface area contributed by atoms with Gasteiger partial charge in [-0.05, 0) is 37.6 Å². The highest BCUT2D eigenvalue weighted by Crippen LogP contribution is 2.37. The molecule has 0 spiro atoms. The zero-order valence-corrected chi connectivity index (χ0v) is 17.1. The van der Waals surface area contributed by atoms with Crippen LogP contribution in [0, 0.1) is 6.92 Å². The van der Waals surface area contributed by atoms with E-state index in [0.29, 0.717) is 34.0 Å². The molecule has 6 nitrogen and oxygen atoms in total. The smallest absolute Gasteiger partial charge is 0.231 e. The molecule has 0 saturated heterocycles. The molecule has 0 unspecified atom stereocenters. The van der Waals surface area contributed by atoms with Crippen molar-refractivity contribution in [2.24, 2.45) is 0 Å². The molecule has 0 radical (unpaired) electrons. The number of hydrogen-bond acceptors (Lipinski definition) is 6. The van der Waals surface area contributed by atoms with Crippen molar-refractivity contribution in [2.45, 2.75) is 13.8 Å². The third-order valence-corrected chi connectivity index (χ3v) is 4.55. The molecule has 0 bridgehead atoms. The van der Waals surface area contributed by atoms with Gasteiger partial charge in [0.15, 0.2) is 0 Å². The van der Waals surface area contributed by atoms with Gasteiger partial charge in [-0.15, -0.1) is 0 Å². The van der Waals surface area contributed by atoms with E-state index in [0.717, 1.165) is 12.2 Å². The maximum atomic E-state index is 6.18. The van der Waals surface area contributed by atoms with Gasteiger partial charge >= 0.3 is 0 Å². The number of hydrogen-bond donors (Lipinski definition) is 1. The van der Waals surface area contributed by atoms with E-state index in [9.17, 15) is 0 Å². The summed E-state index contributed by atoms with van der Waals surface area (Å²) in [5, 5.41) is 3.74. The van der Waals surface area contributed by atoms with Gasteiger partial charge in [-0.25, -0.2) is 4.98 Å². The first kappa shape index (κ1) is 19.8. The summed E-state index contributed by atoms with van der Waals surface area (Å²) in [5.74, 6) is 2.39. The SMILES string of the molecule is CCN(c1cccc(C)c1)c1nccc(Nc2cc(OC)c(Cl)cc2OC)n1. The van der Waals surface area contributed by atoms with Crippen LogP contribution in [0.4, 0.5) is 23.1 Å². The van der Waals surface area contributed by atoms with Crippen LogP contribution in [0.15, 0.2) is 48.7 Å². The Balaban J connectivity index is 1.93. The van der Waals surface area contributed by atoms with Gasteiger partial charge in [0.1, 0.15) is 17.3 Å². The third-order valence-electron chi connectivity index (χ3n) is 4.25. The van der Waals surface area contributed by atoms with Crippen molar-refractivity contribution in [3.05, 3.63) is 59.2 Å². The number of nitrogens with zero attached hydrogens (tertiary/aromatic N) is 3. The first-order valence-corrected chi connectivity index (χ1v) is 9.29. The lowest BCUT2D eigenvalue weighted by atomic mass is 10.2. The van der Waals surface area contributed by atoms with Crippen molar-refractivity contribution in [2.75, 3.05) is 31.0 Å². The van der Waals surface area contributed by atoms with E-state index >= 15 is 0 Å². The molecular weight excluding hydrogens is 376 g/mol. The van der Waals surface area contributed by atoms with E-state index in [1.165, 1.54) is 5.56 Å². The molecule has 7 heteroatoms. The molecule has 0 amide bonds. The maximum absolute atomic E-state index is 6.18. The highest BCUT2D eigenvalue weighted by Gasteiger charge is 2.14. The molecule has 3 aromatic rings. The lowest BCUT2D eigenvalue weighted by molar-refractivity contribution is 0.405. The minimum absolute atomic E-state index is 0.477. The third kappa shape index (κ3) is 4.28. The van der Waals surface area contributed by atoms with Crippen LogP contribution in [0.25, 0.3) is 0 Å².